The van der Waals surface area contributed by atoms with Crippen molar-refractivity contribution in [1.82, 2.24) is 25.4 Å². The summed E-state index contributed by atoms with van der Waals surface area (Å²) in [6.07, 6.45) is 0.951. The number of halogens is 3. The zero-order chi connectivity index (χ0) is 26.2. The predicted molar refractivity (Wildman–Crippen MR) is 133 cm³/mol. The number of likely N-dealkylation sites (tertiary alicyclic amines) is 1. The Kier molecular flexibility index (Phi) is 9.45. The number of aromatic amines is 1. The van der Waals surface area contributed by atoms with Gasteiger partial charge >= 0.3 is 0 Å². The number of methoxy groups -OCH3 is 1. The Hall–Kier alpha value is -3.41. The molecular formula is C24H33F3N8O. The number of nitrogens with zero attached hydrogens (tertiary/aromatic N) is 5. The van der Waals surface area contributed by atoms with Gasteiger partial charge in [0.2, 0.25) is 5.96 Å². The van der Waals surface area contributed by atoms with Crippen LogP contribution in [0.15, 0.2) is 39.7 Å². The molecule has 0 amide bonds. The number of amidine groups is 1. The number of aliphatic imine (C=N–C) groups is 2. The minimum atomic E-state index is -0.905. The number of aromatic nitrogens is 3. The molecule has 3 N–H and O–H groups in total. The van der Waals surface area contributed by atoms with Crippen molar-refractivity contribution >= 4 is 17.6 Å². The summed E-state index contributed by atoms with van der Waals surface area (Å²) in [5.74, 6) is 0.312. The minimum Gasteiger partial charge on any atom is -0.382 e. The van der Waals surface area contributed by atoms with Gasteiger partial charge in [-0.3, -0.25) is 10.1 Å². The van der Waals surface area contributed by atoms with Crippen molar-refractivity contribution in [1.29, 1.82) is 0 Å². The van der Waals surface area contributed by atoms with Crippen LogP contribution in [0.1, 0.15) is 51.0 Å². The summed E-state index contributed by atoms with van der Waals surface area (Å²) >= 11 is 0. The van der Waals surface area contributed by atoms with E-state index < -0.39 is 23.8 Å². The first-order valence-electron chi connectivity index (χ1n) is 11.7. The second-order valence-corrected chi connectivity index (χ2v) is 8.83. The maximum absolute atomic E-state index is 14.6. The van der Waals surface area contributed by atoms with Crippen LogP contribution in [-0.2, 0) is 4.74 Å². The van der Waals surface area contributed by atoms with Gasteiger partial charge in [-0.2, -0.15) is 5.10 Å². The molecular weight excluding hydrogens is 473 g/mol. The van der Waals surface area contributed by atoms with Gasteiger partial charge in [-0.05, 0) is 46.1 Å². The number of nitrogens with one attached hydrogen (secondary N) is 3. The van der Waals surface area contributed by atoms with E-state index in [-0.39, 0.29) is 18.3 Å². The molecule has 1 atom stereocenters. The van der Waals surface area contributed by atoms with Crippen LogP contribution < -0.4 is 10.6 Å². The number of hydrogen-bond donors (Lipinski definition) is 3. The third-order valence-electron chi connectivity index (χ3n) is 5.60. The first-order chi connectivity index (χ1) is 17.2. The van der Waals surface area contributed by atoms with Gasteiger partial charge in [0.05, 0.1) is 12.8 Å². The molecule has 0 aromatic carbocycles. The van der Waals surface area contributed by atoms with Gasteiger partial charge in [-0.1, -0.05) is 0 Å². The van der Waals surface area contributed by atoms with Crippen LogP contribution in [0.3, 0.4) is 0 Å². The Labute approximate surface area is 209 Å². The lowest BCUT2D eigenvalue weighted by Gasteiger charge is -2.30. The standard InChI is InChI=1S/C24H33F3N8O/c1-14(2)23(31-21-10-15(3)33-34-21)32-24(29-16(4)35-8-6-17(25)7-9-35)30-20(13-36-5)22-19(27)11-18(26)12-28-22/h10-12,17,20H,6-9,13H2,1-5H3,(H,30,32)(H2,31,33,34)/b29-16+/t20-/m0/s1. The number of ether oxygens (including phenoxy) is 1. The first kappa shape index (κ1) is 27.2. The van der Waals surface area contributed by atoms with Gasteiger partial charge < -0.3 is 20.3 Å². The lowest BCUT2D eigenvalue weighted by atomic mass is 10.1. The van der Waals surface area contributed by atoms with Crippen molar-refractivity contribution in [2.75, 3.05) is 32.1 Å². The van der Waals surface area contributed by atoms with Crippen molar-refractivity contribution < 1.29 is 17.9 Å². The van der Waals surface area contributed by atoms with Crippen molar-refractivity contribution in [2.24, 2.45) is 9.98 Å². The van der Waals surface area contributed by atoms with Crippen LogP contribution in [0, 0.1) is 18.6 Å². The molecule has 0 spiro atoms. The number of allylic oxidation sites excluding steroid dienone is 1. The number of guanidine groups is 1. The van der Waals surface area contributed by atoms with E-state index in [4.69, 9.17) is 4.74 Å². The molecule has 1 aliphatic heterocycles. The van der Waals surface area contributed by atoms with Gasteiger partial charge in [-0.15, -0.1) is 0 Å². The van der Waals surface area contributed by atoms with E-state index >= 15 is 0 Å². The lowest BCUT2D eigenvalue weighted by molar-refractivity contribution is 0.178. The molecule has 0 saturated carbocycles. The number of aryl methyl sites for hydroxylation is 1. The Balaban J connectivity index is 1.99. The molecule has 2 aromatic rings. The highest BCUT2D eigenvalue weighted by molar-refractivity contribution is 5.96. The van der Waals surface area contributed by atoms with E-state index in [2.05, 4.69) is 35.8 Å². The summed E-state index contributed by atoms with van der Waals surface area (Å²) in [5, 5.41) is 13.4. The molecule has 0 aliphatic carbocycles. The van der Waals surface area contributed by atoms with E-state index in [0.29, 0.717) is 43.4 Å². The highest BCUT2D eigenvalue weighted by atomic mass is 19.1. The lowest BCUT2D eigenvalue weighted by Crippen LogP contribution is -2.39. The van der Waals surface area contributed by atoms with E-state index in [1.807, 2.05) is 38.7 Å². The van der Waals surface area contributed by atoms with Crippen molar-refractivity contribution in [2.45, 2.75) is 52.8 Å². The number of anilines is 1. The SMILES string of the molecule is COC[C@H](N=C(/N=C(\C)N1CCC(F)CC1)NC(Nc1cc(C)[nH]n1)=C(C)C)c1ncc(F)cc1F. The van der Waals surface area contributed by atoms with Crippen molar-refractivity contribution in [3.05, 3.63) is 52.7 Å². The Morgan fingerprint density at radius 3 is 2.56 bits per heavy atom. The maximum atomic E-state index is 14.6. The molecule has 196 valence electrons. The Morgan fingerprint density at radius 1 is 1.25 bits per heavy atom. The molecule has 0 radical (unpaired) electrons. The molecule has 9 nitrogen and oxygen atoms in total. The molecule has 0 unspecified atom stereocenters. The number of hydrogen-bond acceptors (Lipinski definition) is 5. The summed E-state index contributed by atoms with van der Waals surface area (Å²) in [7, 11) is 1.45. The predicted octanol–water partition coefficient (Wildman–Crippen LogP) is 4.24. The minimum absolute atomic E-state index is 0.0152. The fourth-order valence-electron chi connectivity index (χ4n) is 3.64. The summed E-state index contributed by atoms with van der Waals surface area (Å²) in [4.78, 5) is 15.2. The van der Waals surface area contributed by atoms with Gasteiger partial charge in [0, 0.05) is 38.0 Å². The van der Waals surface area contributed by atoms with E-state index in [1.54, 1.807) is 0 Å². The van der Waals surface area contributed by atoms with Crippen LogP contribution in [0.2, 0.25) is 0 Å². The highest BCUT2D eigenvalue weighted by Gasteiger charge is 2.22. The average molecular weight is 507 g/mol. The second-order valence-electron chi connectivity index (χ2n) is 8.83. The molecule has 2 aromatic heterocycles. The van der Waals surface area contributed by atoms with Crippen LogP contribution in [0.4, 0.5) is 19.0 Å². The number of pyridine rings is 1. The molecule has 36 heavy (non-hydrogen) atoms. The number of H-pyrrole nitrogens is 1. The molecule has 1 fully saturated rings. The van der Waals surface area contributed by atoms with Crippen molar-refractivity contribution in [3.8, 4) is 0 Å². The Morgan fingerprint density at radius 2 is 1.97 bits per heavy atom. The van der Waals surface area contributed by atoms with Gasteiger partial charge in [0.1, 0.15) is 41.2 Å². The molecule has 1 saturated heterocycles. The normalized spacial score (nSPS) is 16.2. The number of piperidine rings is 1. The maximum Gasteiger partial charge on any atom is 0.226 e. The summed E-state index contributed by atoms with van der Waals surface area (Å²) < 4.78 is 47.0. The fraction of sp³-hybridized carbons (Fsp3) is 0.500. The number of rotatable bonds is 7. The molecule has 0 bridgehead atoms. The van der Waals surface area contributed by atoms with Gasteiger partial charge in [0.15, 0.2) is 5.82 Å². The summed E-state index contributed by atoms with van der Waals surface area (Å²) in [6, 6.07) is 1.69. The smallest absolute Gasteiger partial charge is 0.226 e. The fourth-order valence-corrected chi connectivity index (χ4v) is 3.64. The molecule has 3 heterocycles. The van der Waals surface area contributed by atoms with Crippen LogP contribution in [-0.4, -0.2) is 64.9 Å². The molecule has 1 aliphatic rings. The topological polar surface area (TPSA) is 103 Å². The van der Waals surface area contributed by atoms with Gasteiger partial charge in [-0.25, -0.2) is 23.2 Å². The Bertz CT molecular complexity index is 1120. The van der Waals surface area contributed by atoms with E-state index in [0.717, 1.165) is 23.5 Å². The first-order valence-corrected chi connectivity index (χ1v) is 11.7. The van der Waals surface area contributed by atoms with Crippen molar-refractivity contribution in [3.63, 3.8) is 0 Å². The highest BCUT2D eigenvalue weighted by Crippen LogP contribution is 2.21. The summed E-state index contributed by atoms with van der Waals surface area (Å²) in [6.45, 7) is 8.52. The monoisotopic (exact) mass is 506 g/mol. The van der Waals surface area contributed by atoms with Crippen LogP contribution >= 0.6 is 0 Å². The van der Waals surface area contributed by atoms with E-state index in [1.165, 1.54) is 7.11 Å². The third kappa shape index (κ3) is 7.54. The zero-order valence-electron chi connectivity index (χ0n) is 21.2. The quantitative estimate of drug-likeness (QED) is 0.384. The second kappa shape index (κ2) is 12.5. The van der Waals surface area contributed by atoms with Gasteiger partial charge in [0.25, 0.3) is 0 Å². The van der Waals surface area contributed by atoms with E-state index in [9.17, 15) is 13.2 Å². The zero-order valence-corrected chi connectivity index (χ0v) is 21.2. The largest absolute Gasteiger partial charge is 0.382 e. The van der Waals surface area contributed by atoms with Crippen LogP contribution in [0.5, 0.6) is 0 Å². The summed E-state index contributed by atoms with van der Waals surface area (Å²) in [5.41, 5.74) is 1.68. The molecule has 3 rings (SSSR count). The average Bonchev–Trinajstić information content (AvgIpc) is 3.23. The van der Waals surface area contributed by atoms with Crippen LogP contribution in [0.25, 0.3) is 0 Å². The third-order valence-corrected chi connectivity index (χ3v) is 5.60. The molecule has 12 heteroatoms. The number of alkyl halides is 1.